The minimum Gasteiger partial charge on any atom is -0.497 e. The summed E-state index contributed by atoms with van der Waals surface area (Å²) < 4.78 is 10.8. The van der Waals surface area contributed by atoms with E-state index in [4.69, 9.17) is 26.1 Å². The van der Waals surface area contributed by atoms with E-state index in [2.05, 4.69) is 47.8 Å². The van der Waals surface area contributed by atoms with Gasteiger partial charge in [0.2, 0.25) is 0 Å². The summed E-state index contributed by atoms with van der Waals surface area (Å²) in [5, 5.41) is 5.56. The largest absolute Gasteiger partial charge is 0.497 e. The molecular weight excluding hydrogens is 444 g/mol. The van der Waals surface area contributed by atoms with Crippen molar-refractivity contribution < 1.29 is 9.47 Å². The number of hydrogen-bond acceptors (Lipinski definition) is 4. The van der Waals surface area contributed by atoms with Crippen molar-refractivity contribution >= 4 is 33.9 Å². The lowest BCUT2D eigenvalue weighted by Crippen LogP contribution is -2.09. The highest BCUT2D eigenvalue weighted by molar-refractivity contribution is 6.31. The van der Waals surface area contributed by atoms with Gasteiger partial charge in [0.1, 0.15) is 11.5 Å². The van der Waals surface area contributed by atoms with Crippen LogP contribution in [0, 0.1) is 0 Å². The van der Waals surface area contributed by atoms with Crippen LogP contribution in [0.5, 0.6) is 11.5 Å². The van der Waals surface area contributed by atoms with Crippen LogP contribution in [0.4, 0.5) is 11.4 Å². The number of halogens is 1. The molecule has 0 radical (unpaired) electrons. The fraction of sp³-hybridized carbons (Fsp3) is 0.276. The maximum atomic E-state index is 6.27. The van der Waals surface area contributed by atoms with Crippen LogP contribution in [0.15, 0.2) is 60.7 Å². The van der Waals surface area contributed by atoms with E-state index in [0.29, 0.717) is 0 Å². The van der Waals surface area contributed by atoms with Crippen LogP contribution >= 0.6 is 11.6 Å². The van der Waals surface area contributed by atoms with Crippen LogP contribution < -0.4 is 14.8 Å². The Morgan fingerprint density at radius 2 is 1.53 bits per heavy atom. The Bertz CT molecular complexity index is 1300. The number of benzene rings is 3. The van der Waals surface area contributed by atoms with Gasteiger partial charge in [0.05, 0.1) is 25.4 Å². The van der Waals surface area contributed by atoms with E-state index in [0.717, 1.165) is 58.8 Å². The minimum atomic E-state index is 0.722. The van der Waals surface area contributed by atoms with Gasteiger partial charge in [0.25, 0.3) is 0 Å². The molecule has 5 heteroatoms. The lowest BCUT2D eigenvalue weighted by molar-refractivity contribution is 0.393. The molecule has 4 aromatic rings. The molecule has 1 aliphatic rings. The zero-order valence-corrected chi connectivity index (χ0v) is 20.4. The number of aryl methyl sites for hydroxylation is 3. The summed E-state index contributed by atoms with van der Waals surface area (Å²) >= 11 is 6.27. The topological polar surface area (TPSA) is 43.4 Å². The average Bonchev–Trinajstić information content (AvgIpc) is 2.87. The van der Waals surface area contributed by atoms with Gasteiger partial charge in [-0.2, -0.15) is 0 Å². The quantitative estimate of drug-likeness (QED) is 0.306. The summed E-state index contributed by atoms with van der Waals surface area (Å²) in [5.41, 5.74) is 8.26. The number of nitrogens with zero attached hydrogens (tertiary/aromatic N) is 1. The first-order chi connectivity index (χ1) is 16.6. The Balaban J connectivity index is 1.36. The molecule has 0 aliphatic heterocycles. The third-order valence-electron chi connectivity index (χ3n) is 6.56. The lowest BCUT2D eigenvalue weighted by Gasteiger charge is -2.22. The van der Waals surface area contributed by atoms with Crippen LogP contribution in [0.2, 0.25) is 5.02 Å². The molecule has 34 heavy (non-hydrogen) atoms. The summed E-state index contributed by atoms with van der Waals surface area (Å²) in [7, 11) is 3.37. The SMILES string of the molecule is COc1cc(CCc2ccc(Nc3c4c(nc5cc(Cl)ccc35)CCCC4)cc2)cc(OC)c1. The molecule has 0 saturated carbocycles. The minimum absolute atomic E-state index is 0.722. The summed E-state index contributed by atoms with van der Waals surface area (Å²) in [5.74, 6) is 1.64. The molecule has 3 aromatic carbocycles. The van der Waals surface area contributed by atoms with Crippen molar-refractivity contribution in [3.63, 3.8) is 0 Å². The summed E-state index contributed by atoms with van der Waals surface area (Å²) in [6.45, 7) is 0. The van der Waals surface area contributed by atoms with E-state index in [-0.39, 0.29) is 0 Å². The first kappa shape index (κ1) is 22.5. The Morgan fingerprint density at radius 3 is 2.26 bits per heavy atom. The number of methoxy groups -OCH3 is 2. The van der Waals surface area contributed by atoms with Crippen molar-refractivity contribution in [2.24, 2.45) is 0 Å². The fourth-order valence-corrected chi connectivity index (χ4v) is 4.91. The van der Waals surface area contributed by atoms with Crippen LogP contribution in [0.25, 0.3) is 10.9 Å². The molecule has 5 rings (SSSR count). The van der Waals surface area contributed by atoms with Gasteiger partial charge in [0.15, 0.2) is 0 Å². The molecule has 1 aliphatic carbocycles. The lowest BCUT2D eigenvalue weighted by atomic mass is 9.92. The summed E-state index contributed by atoms with van der Waals surface area (Å²) in [6, 6.07) is 20.8. The summed E-state index contributed by atoms with van der Waals surface area (Å²) in [6.07, 6.45) is 6.36. The van der Waals surface area contributed by atoms with Crippen molar-refractivity contribution in [1.29, 1.82) is 0 Å². The Labute approximate surface area is 205 Å². The molecule has 0 spiro atoms. The van der Waals surface area contributed by atoms with Gasteiger partial charge in [-0.25, -0.2) is 0 Å². The highest BCUT2D eigenvalue weighted by Gasteiger charge is 2.18. The van der Waals surface area contributed by atoms with Crippen molar-refractivity contribution in [1.82, 2.24) is 4.98 Å². The second kappa shape index (κ2) is 9.94. The monoisotopic (exact) mass is 472 g/mol. The van der Waals surface area contributed by atoms with E-state index in [1.54, 1.807) is 14.2 Å². The Kier molecular flexibility index (Phi) is 6.59. The third-order valence-corrected chi connectivity index (χ3v) is 6.80. The molecule has 0 bridgehead atoms. The molecule has 0 amide bonds. The van der Waals surface area contributed by atoms with Gasteiger partial charge in [-0.05, 0) is 97.7 Å². The predicted molar refractivity (Wildman–Crippen MR) is 140 cm³/mol. The van der Waals surface area contributed by atoms with Crippen molar-refractivity contribution in [2.45, 2.75) is 38.5 Å². The fourth-order valence-electron chi connectivity index (χ4n) is 4.74. The molecule has 0 saturated heterocycles. The van der Waals surface area contributed by atoms with Gasteiger partial charge in [-0.3, -0.25) is 4.98 Å². The summed E-state index contributed by atoms with van der Waals surface area (Å²) in [4.78, 5) is 4.93. The Hall–Kier alpha value is -3.24. The number of hydrogen-bond donors (Lipinski definition) is 1. The van der Waals surface area contributed by atoms with Crippen LogP contribution in [-0.2, 0) is 25.7 Å². The average molecular weight is 473 g/mol. The number of pyridine rings is 1. The normalized spacial score (nSPS) is 12.9. The standard InChI is InChI=1S/C29H29ClN2O2/c1-33-23-15-20(16-24(18-23)34-2)8-7-19-9-12-22(13-10-19)31-29-25-5-3-4-6-27(25)32-28-17-21(30)11-14-26(28)29/h9-18H,3-8H2,1-2H3,(H,31,32). The number of nitrogens with one attached hydrogen (secondary N) is 1. The molecule has 1 N–H and O–H groups in total. The van der Waals surface area contributed by atoms with E-state index in [1.165, 1.54) is 40.9 Å². The third kappa shape index (κ3) is 4.83. The zero-order chi connectivity index (χ0) is 23.5. The van der Waals surface area contributed by atoms with Crippen molar-refractivity contribution in [3.8, 4) is 11.5 Å². The molecule has 0 unspecified atom stereocenters. The predicted octanol–water partition coefficient (Wildman–Crippen LogP) is 7.31. The van der Waals surface area contributed by atoms with E-state index in [9.17, 15) is 0 Å². The smallest absolute Gasteiger partial charge is 0.122 e. The second-order valence-electron chi connectivity index (χ2n) is 8.82. The number of anilines is 2. The van der Waals surface area contributed by atoms with Crippen LogP contribution in [0.3, 0.4) is 0 Å². The van der Waals surface area contributed by atoms with E-state index in [1.807, 2.05) is 18.2 Å². The molecular formula is C29H29ClN2O2. The van der Waals surface area contributed by atoms with Crippen LogP contribution in [0.1, 0.15) is 35.2 Å². The van der Waals surface area contributed by atoms with Gasteiger partial charge in [-0.15, -0.1) is 0 Å². The molecule has 1 heterocycles. The number of aromatic nitrogens is 1. The second-order valence-corrected chi connectivity index (χ2v) is 9.26. The van der Waals surface area contributed by atoms with Crippen molar-refractivity contribution in [3.05, 3.63) is 88.1 Å². The first-order valence-electron chi connectivity index (χ1n) is 11.8. The zero-order valence-electron chi connectivity index (χ0n) is 19.7. The molecule has 4 nitrogen and oxygen atoms in total. The van der Waals surface area contributed by atoms with Crippen LogP contribution in [-0.4, -0.2) is 19.2 Å². The van der Waals surface area contributed by atoms with Gasteiger partial charge in [-0.1, -0.05) is 23.7 Å². The van der Waals surface area contributed by atoms with Gasteiger partial charge >= 0.3 is 0 Å². The molecule has 1 aromatic heterocycles. The van der Waals surface area contributed by atoms with Gasteiger partial charge < -0.3 is 14.8 Å². The van der Waals surface area contributed by atoms with E-state index < -0.39 is 0 Å². The number of fused-ring (bicyclic) bond motifs is 2. The highest BCUT2D eigenvalue weighted by atomic mass is 35.5. The first-order valence-corrected chi connectivity index (χ1v) is 12.2. The van der Waals surface area contributed by atoms with E-state index >= 15 is 0 Å². The molecule has 174 valence electrons. The highest BCUT2D eigenvalue weighted by Crippen LogP contribution is 2.36. The maximum absolute atomic E-state index is 6.27. The molecule has 0 fully saturated rings. The Morgan fingerprint density at radius 1 is 0.824 bits per heavy atom. The molecule has 0 atom stereocenters. The number of rotatable bonds is 7. The van der Waals surface area contributed by atoms with Crippen molar-refractivity contribution in [2.75, 3.05) is 19.5 Å². The van der Waals surface area contributed by atoms with Gasteiger partial charge in [0, 0.05) is 27.9 Å². The number of ether oxygens (including phenoxy) is 2. The maximum Gasteiger partial charge on any atom is 0.122 e.